The van der Waals surface area contributed by atoms with Gasteiger partial charge in [0.2, 0.25) is 0 Å². The monoisotopic (exact) mass is 187 g/mol. The second-order valence-corrected chi connectivity index (χ2v) is 3.39. The quantitative estimate of drug-likeness (QED) is 0.632. The highest BCUT2D eigenvalue weighted by atomic mass is 16.5. The summed E-state index contributed by atoms with van der Waals surface area (Å²) in [5.41, 5.74) is 5.89. The first-order chi connectivity index (χ1) is 6.24. The Balaban J connectivity index is 2.40. The zero-order valence-corrected chi connectivity index (χ0v) is 7.99. The van der Waals surface area contributed by atoms with Crippen molar-refractivity contribution < 1.29 is 14.3 Å². The van der Waals surface area contributed by atoms with E-state index >= 15 is 0 Å². The van der Waals surface area contributed by atoms with E-state index in [1.165, 1.54) is 7.11 Å². The van der Waals surface area contributed by atoms with Gasteiger partial charge in [0.25, 0.3) is 0 Å². The number of hydrogen-bond donors (Lipinski definition) is 1. The molecule has 1 aliphatic heterocycles. The van der Waals surface area contributed by atoms with Gasteiger partial charge in [0, 0.05) is 25.7 Å². The molecule has 13 heavy (non-hydrogen) atoms. The lowest BCUT2D eigenvalue weighted by Gasteiger charge is -2.18. The van der Waals surface area contributed by atoms with E-state index in [1.807, 2.05) is 0 Å². The van der Waals surface area contributed by atoms with E-state index in [4.69, 9.17) is 10.5 Å². The molecule has 1 saturated heterocycles. The van der Waals surface area contributed by atoms with Crippen LogP contribution in [0, 0.1) is 5.92 Å². The molecule has 0 radical (unpaired) electrons. The molecule has 2 N–H and O–H groups in total. The van der Waals surface area contributed by atoms with Crippen LogP contribution in [0.15, 0.2) is 0 Å². The first-order valence-electron chi connectivity index (χ1n) is 4.64. The Morgan fingerprint density at radius 3 is 2.92 bits per heavy atom. The van der Waals surface area contributed by atoms with Crippen LogP contribution in [0.4, 0.5) is 0 Å². The molecular weight excluding hydrogens is 170 g/mol. The number of nitrogens with two attached hydrogens (primary N) is 1. The van der Waals surface area contributed by atoms with Crippen molar-refractivity contribution in [2.24, 2.45) is 11.7 Å². The van der Waals surface area contributed by atoms with E-state index in [9.17, 15) is 4.79 Å². The standard InChI is InChI=1S/C9H17NO3/c1-12-9(11)6-7-2-4-13-5-3-8(7)10/h7-8H,2-6,10H2,1H3/t7-,8+/m1/s1. The molecule has 0 amide bonds. The number of hydrogen-bond acceptors (Lipinski definition) is 4. The number of esters is 1. The summed E-state index contributed by atoms with van der Waals surface area (Å²) in [7, 11) is 1.40. The summed E-state index contributed by atoms with van der Waals surface area (Å²) in [5, 5.41) is 0. The molecule has 0 aliphatic carbocycles. The van der Waals surface area contributed by atoms with Gasteiger partial charge in [0.1, 0.15) is 0 Å². The number of carbonyl (C=O) groups is 1. The number of rotatable bonds is 2. The van der Waals surface area contributed by atoms with Gasteiger partial charge in [-0.25, -0.2) is 0 Å². The summed E-state index contributed by atoms with van der Waals surface area (Å²) in [6.07, 6.45) is 2.11. The van der Waals surface area contributed by atoms with Gasteiger partial charge in [-0.2, -0.15) is 0 Å². The highest BCUT2D eigenvalue weighted by Crippen LogP contribution is 2.18. The highest BCUT2D eigenvalue weighted by Gasteiger charge is 2.23. The third-order valence-corrected chi connectivity index (χ3v) is 2.49. The van der Waals surface area contributed by atoms with E-state index in [2.05, 4.69) is 4.74 Å². The van der Waals surface area contributed by atoms with Crippen LogP contribution in [0.3, 0.4) is 0 Å². The van der Waals surface area contributed by atoms with Crippen molar-refractivity contribution in [3.63, 3.8) is 0 Å². The Kier molecular flexibility index (Phi) is 4.18. The van der Waals surface area contributed by atoms with Gasteiger partial charge < -0.3 is 15.2 Å². The molecule has 0 spiro atoms. The lowest BCUT2D eigenvalue weighted by molar-refractivity contribution is -0.141. The molecule has 0 aromatic heterocycles. The average molecular weight is 187 g/mol. The molecule has 1 aliphatic rings. The molecule has 1 rings (SSSR count). The van der Waals surface area contributed by atoms with Crippen LogP contribution < -0.4 is 5.73 Å². The molecule has 1 fully saturated rings. The van der Waals surface area contributed by atoms with Gasteiger partial charge in [-0.1, -0.05) is 0 Å². The molecule has 0 saturated carbocycles. The third kappa shape index (κ3) is 3.32. The van der Waals surface area contributed by atoms with Gasteiger partial charge >= 0.3 is 5.97 Å². The Labute approximate surface area is 78.4 Å². The third-order valence-electron chi connectivity index (χ3n) is 2.49. The molecule has 76 valence electrons. The van der Waals surface area contributed by atoms with Crippen LogP contribution in [0.5, 0.6) is 0 Å². The molecule has 2 atom stereocenters. The summed E-state index contributed by atoms with van der Waals surface area (Å²) in [5.74, 6) is 0.0392. The van der Waals surface area contributed by atoms with Crippen LogP contribution in [0.1, 0.15) is 19.3 Å². The zero-order valence-electron chi connectivity index (χ0n) is 7.99. The van der Waals surface area contributed by atoms with E-state index in [0.717, 1.165) is 12.8 Å². The smallest absolute Gasteiger partial charge is 0.305 e. The molecule has 4 heteroatoms. The van der Waals surface area contributed by atoms with Gasteiger partial charge in [0.15, 0.2) is 0 Å². The predicted octanol–water partition coefficient (Wildman–Crippen LogP) is 0.303. The molecule has 0 aromatic rings. The maximum atomic E-state index is 11.0. The van der Waals surface area contributed by atoms with Gasteiger partial charge in [-0.05, 0) is 18.8 Å². The molecule has 1 heterocycles. The van der Waals surface area contributed by atoms with Crippen molar-refractivity contribution in [3.8, 4) is 0 Å². The first kappa shape index (κ1) is 10.5. The van der Waals surface area contributed by atoms with Gasteiger partial charge in [-0.3, -0.25) is 4.79 Å². The van der Waals surface area contributed by atoms with Crippen LogP contribution in [-0.4, -0.2) is 32.3 Å². The van der Waals surface area contributed by atoms with Crippen molar-refractivity contribution in [2.75, 3.05) is 20.3 Å². The second-order valence-electron chi connectivity index (χ2n) is 3.39. The van der Waals surface area contributed by atoms with Crippen molar-refractivity contribution in [1.82, 2.24) is 0 Å². The van der Waals surface area contributed by atoms with Crippen LogP contribution in [-0.2, 0) is 14.3 Å². The number of carbonyl (C=O) groups excluding carboxylic acids is 1. The summed E-state index contributed by atoms with van der Waals surface area (Å²) >= 11 is 0. The number of ether oxygens (including phenoxy) is 2. The Morgan fingerprint density at radius 1 is 1.54 bits per heavy atom. The highest BCUT2D eigenvalue weighted by molar-refractivity contribution is 5.69. The summed E-state index contributed by atoms with van der Waals surface area (Å²) in [4.78, 5) is 11.0. The topological polar surface area (TPSA) is 61.5 Å². The first-order valence-corrected chi connectivity index (χ1v) is 4.64. The zero-order chi connectivity index (χ0) is 9.68. The average Bonchev–Trinajstić information content (AvgIpc) is 2.32. The van der Waals surface area contributed by atoms with Crippen LogP contribution >= 0.6 is 0 Å². The second kappa shape index (κ2) is 5.19. The molecule has 0 unspecified atom stereocenters. The molecule has 4 nitrogen and oxygen atoms in total. The van der Waals surface area contributed by atoms with Crippen molar-refractivity contribution in [1.29, 1.82) is 0 Å². The van der Waals surface area contributed by atoms with Crippen LogP contribution in [0.25, 0.3) is 0 Å². The Bertz CT molecular complexity index is 172. The SMILES string of the molecule is COC(=O)C[C@H]1CCOCC[C@@H]1N. The van der Waals surface area contributed by atoms with Crippen molar-refractivity contribution in [2.45, 2.75) is 25.3 Å². The minimum atomic E-state index is -0.178. The fourth-order valence-electron chi connectivity index (χ4n) is 1.56. The summed E-state index contributed by atoms with van der Waals surface area (Å²) in [6, 6.07) is 0.0709. The molecular formula is C9H17NO3. The summed E-state index contributed by atoms with van der Waals surface area (Å²) in [6.45, 7) is 1.41. The lowest BCUT2D eigenvalue weighted by Crippen LogP contribution is -2.31. The fraction of sp³-hybridized carbons (Fsp3) is 0.889. The normalized spacial score (nSPS) is 29.4. The van der Waals surface area contributed by atoms with E-state index < -0.39 is 0 Å². The Morgan fingerprint density at radius 2 is 2.23 bits per heavy atom. The predicted molar refractivity (Wildman–Crippen MR) is 48.2 cm³/mol. The maximum absolute atomic E-state index is 11.0. The minimum Gasteiger partial charge on any atom is -0.469 e. The van der Waals surface area contributed by atoms with Crippen molar-refractivity contribution >= 4 is 5.97 Å². The summed E-state index contributed by atoms with van der Waals surface area (Å²) < 4.78 is 9.89. The van der Waals surface area contributed by atoms with E-state index in [1.54, 1.807) is 0 Å². The largest absolute Gasteiger partial charge is 0.469 e. The van der Waals surface area contributed by atoms with Gasteiger partial charge in [0.05, 0.1) is 7.11 Å². The fourth-order valence-corrected chi connectivity index (χ4v) is 1.56. The minimum absolute atomic E-state index is 0.0709. The molecule has 0 aromatic carbocycles. The Hall–Kier alpha value is -0.610. The lowest BCUT2D eigenvalue weighted by atomic mass is 9.92. The van der Waals surface area contributed by atoms with Crippen molar-refractivity contribution in [3.05, 3.63) is 0 Å². The van der Waals surface area contributed by atoms with Crippen LogP contribution in [0.2, 0.25) is 0 Å². The van der Waals surface area contributed by atoms with Gasteiger partial charge in [-0.15, -0.1) is 0 Å². The van der Waals surface area contributed by atoms with E-state index in [0.29, 0.717) is 19.6 Å². The number of methoxy groups -OCH3 is 1. The molecule has 0 bridgehead atoms. The maximum Gasteiger partial charge on any atom is 0.305 e. The van der Waals surface area contributed by atoms with E-state index in [-0.39, 0.29) is 17.9 Å².